The Morgan fingerprint density at radius 1 is 1.56 bits per heavy atom. The molecular weight excluding hydrogens is 208 g/mol. The van der Waals surface area contributed by atoms with Crippen LogP contribution < -0.4 is 0 Å². The predicted molar refractivity (Wildman–Crippen MR) is 59.7 cm³/mol. The number of carbonyl (C=O) groups excluding carboxylic acids is 1. The highest BCUT2D eigenvalue weighted by Crippen LogP contribution is 2.37. The molecule has 3 atom stereocenters. The smallest absolute Gasteiger partial charge is 0.314 e. The Balaban J connectivity index is 2.94. The van der Waals surface area contributed by atoms with Gasteiger partial charge in [-0.3, -0.25) is 4.79 Å². The third-order valence-corrected chi connectivity index (χ3v) is 3.34. The monoisotopic (exact) mass is 228 g/mol. The molecule has 92 valence electrons. The zero-order chi connectivity index (χ0) is 12.5. The fourth-order valence-electron chi connectivity index (χ4n) is 2.09. The normalized spacial score (nSPS) is 34.8. The fraction of sp³-hybridized carbons (Fsp3) is 0.750. The molecule has 0 saturated carbocycles. The van der Waals surface area contributed by atoms with E-state index in [4.69, 9.17) is 9.84 Å². The van der Waals surface area contributed by atoms with Crippen LogP contribution in [-0.2, 0) is 9.53 Å². The molecular formula is C12H20O4. The molecule has 0 spiro atoms. The zero-order valence-electron chi connectivity index (χ0n) is 10.2. The molecule has 1 fully saturated rings. The van der Waals surface area contributed by atoms with Gasteiger partial charge in [-0.1, -0.05) is 13.0 Å². The highest BCUT2D eigenvalue weighted by Gasteiger charge is 2.49. The van der Waals surface area contributed by atoms with Gasteiger partial charge in [0.05, 0.1) is 18.1 Å². The van der Waals surface area contributed by atoms with Gasteiger partial charge in [0.1, 0.15) is 6.10 Å². The van der Waals surface area contributed by atoms with Gasteiger partial charge >= 0.3 is 5.97 Å². The third-order valence-electron chi connectivity index (χ3n) is 3.34. The molecule has 1 aliphatic heterocycles. The summed E-state index contributed by atoms with van der Waals surface area (Å²) in [6, 6.07) is 0. The van der Waals surface area contributed by atoms with E-state index in [0.29, 0.717) is 0 Å². The first-order chi connectivity index (χ1) is 7.32. The molecule has 0 radical (unpaired) electrons. The van der Waals surface area contributed by atoms with Crippen molar-refractivity contribution in [2.75, 3.05) is 6.61 Å². The Kier molecular flexibility index (Phi) is 3.76. The lowest BCUT2D eigenvalue weighted by Gasteiger charge is -2.42. The van der Waals surface area contributed by atoms with Crippen LogP contribution in [0.2, 0.25) is 0 Å². The second-order valence-electron chi connectivity index (χ2n) is 4.98. The van der Waals surface area contributed by atoms with Crippen molar-refractivity contribution in [3.05, 3.63) is 11.6 Å². The van der Waals surface area contributed by atoms with Crippen LogP contribution in [0.25, 0.3) is 0 Å². The number of hydrogen-bond acceptors (Lipinski definition) is 4. The first kappa shape index (κ1) is 13.2. The molecule has 0 aliphatic carbocycles. The number of ether oxygens (including phenoxy) is 1. The summed E-state index contributed by atoms with van der Waals surface area (Å²) < 4.78 is 5.32. The Morgan fingerprint density at radius 2 is 2.12 bits per heavy atom. The zero-order valence-corrected chi connectivity index (χ0v) is 10.2. The summed E-state index contributed by atoms with van der Waals surface area (Å²) in [5.74, 6) is -0.565. The van der Waals surface area contributed by atoms with Gasteiger partial charge in [0.2, 0.25) is 0 Å². The summed E-state index contributed by atoms with van der Waals surface area (Å²) >= 11 is 0. The molecule has 1 heterocycles. The van der Waals surface area contributed by atoms with Crippen molar-refractivity contribution in [3.63, 3.8) is 0 Å². The number of esters is 1. The van der Waals surface area contributed by atoms with Crippen LogP contribution in [0.1, 0.15) is 27.7 Å². The highest BCUT2D eigenvalue weighted by molar-refractivity contribution is 5.78. The standard InChI is InChI=1S/C12H20O4/c1-7(5-6-13)9-8(2)10(14)12(3,4)11(15)16-9/h5,8-10,13-14H,6H2,1-4H3/t8-,9-,10-/m1/s1. The van der Waals surface area contributed by atoms with Crippen LogP contribution in [0, 0.1) is 11.3 Å². The third kappa shape index (κ3) is 2.13. The molecule has 0 bridgehead atoms. The summed E-state index contributed by atoms with van der Waals surface area (Å²) in [6.45, 7) is 6.90. The van der Waals surface area contributed by atoms with Gasteiger partial charge in [0.15, 0.2) is 0 Å². The second-order valence-corrected chi connectivity index (χ2v) is 4.98. The van der Waals surface area contributed by atoms with Gasteiger partial charge in [-0.2, -0.15) is 0 Å². The average Bonchev–Trinajstić information content (AvgIpc) is 2.21. The minimum Gasteiger partial charge on any atom is -0.457 e. The van der Waals surface area contributed by atoms with Gasteiger partial charge in [0, 0.05) is 5.92 Å². The number of cyclic esters (lactones) is 1. The maximum Gasteiger partial charge on any atom is 0.314 e. The molecule has 16 heavy (non-hydrogen) atoms. The molecule has 1 aliphatic rings. The Hall–Kier alpha value is -0.870. The molecule has 2 N–H and O–H groups in total. The van der Waals surface area contributed by atoms with E-state index in [9.17, 15) is 9.90 Å². The van der Waals surface area contributed by atoms with Crippen LogP contribution in [0.5, 0.6) is 0 Å². The van der Waals surface area contributed by atoms with Crippen molar-refractivity contribution in [2.24, 2.45) is 11.3 Å². The van der Waals surface area contributed by atoms with Crippen molar-refractivity contribution in [1.29, 1.82) is 0 Å². The van der Waals surface area contributed by atoms with Gasteiger partial charge < -0.3 is 14.9 Å². The second kappa shape index (κ2) is 4.55. The van der Waals surface area contributed by atoms with Crippen LogP contribution in [-0.4, -0.2) is 35.0 Å². The lowest BCUT2D eigenvalue weighted by molar-refractivity contribution is -0.187. The largest absolute Gasteiger partial charge is 0.457 e. The van der Waals surface area contributed by atoms with Gasteiger partial charge in [-0.15, -0.1) is 0 Å². The lowest BCUT2D eigenvalue weighted by Crippen LogP contribution is -2.53. The molecule has 4 heteroatoms. The SMILES string of the molecule is CC(=CCO)[C@H]1OC(=O)C(C)(C)[C@H](O)[C@@H]1C. The quantitative estimate of drug-likeness (QED) is 0.543. The van der Waals surface area contributed by atoms with Gasteiger partial charge in [-0.05, 0) is 26.3 Å². The van der Waals surface area contributed by atoms with Crippen molar-refractivity contribution >= 4 is 5.97 Å². The van der Waals surface area contributed by atoms with E-state index in [2.05, 4.69) is 0 Å². The number of carbonyl (C=O) groups is 1. The minimum absolute atomic E-state index is 0.0912. The first-order valence-electron chi connectivity index (χ1n) is 5.49. The molecule has 1 saturated heterocycles. The maximum atomic E-state index is 11.7. The topological polar surface area (TPSA) is 66.8 Å². The summed E-state index contributed by atoms with van der Waals surface area (Å²) in [5, 5.41) is 18.9. The van der Waals surface area contributed by atoms with Gasteiger partial charge in [0.25, 0.3) is 0 Å². The number of rotatable bonds is 2. The van der Waals surface area contributed by atoms with E-state index in [1.807, 2.05) is 6.92 Å². The van der Waals surface area contributed by atoms with E-state index < -0.39 is 23.6 Å². The van der Waals surface area contributed by atoms with Crippen molar-refractivity contribution in [3.8, 4) is 0 Å². The Bertz CT molecular complexity index is 306. The van der Waals surface area contributed by atoms with E-state index in [1.165, 1.54) is 0 Å². The number of aliphatic hydroxyl groups is 2. The van der Waals surface area contributed by atoms with Crippen LogP contribution in [0.3, 0.4) is 0 Å². The van der Waals surface area contributed by atoms with Crippen molar-refractivity contribution < 1.29 is 19.7 Å². The molecule has 0 aromatic heterocycles. The predicted octanol–water partition coefficient (Wildman–Crippen LogP) is 0.874. The highest BCUT2D eigenvalue weighted by atomic mass is 16.6. The van der Waals surface area contributed by atoms with Gasteiger partial charge in [-0.25, -0.2) is 0 Å². The average molecular weight is 228 g/mol. The summed E-state index contributed by atoms with van der Waals surface area (Å²) in [6.07, 6.45) is 0.419. The minimum atomic E-state index is -0.866. The van der Waals surface area contributed by atoms with Crippen LogP contribution >= 0.6 is 0 Å². The summed E-state index contributed by atoms with van der Waals surface area (Å²) in [7, 11) is 0. The molecule has 0 amide bonds. The van der Waals surface area contributed by atoms with E-state index >= 15 is 0 Å². The molecule has 0 aromatic carbocycles. The Labute approximate surface area is 95.9 Å². The molecule has 0 unspecified atom stereocenters. The Morgan fingerprint density at radius 3 is 2.62 bits per heavy atom. The lowest BCUT2D eigenvalue weighted by atomic mass is 9.74. The van der Waals surface area contributed by atoms with E-state index in [1.54, 1.807) is 26.8 Å². The van der Waals surface area contributed by atoms with Crippen molar-refractivity contribution in [2.45, 2.75) is 39.9 Å². The molecule has 1 rings (SSSR count). The van der Waals surface area contributed by atoms with Crippen LogP contribution in [0.4, 0.5) is 0 Å². The van der Waals surface area contributed by atoms with Crippen molar-refractivity contribution in [1.82, 2.24) is 0 Å². The molecule has 4 nitrogen and oxygen atoms in total. The maximum absolute atomic E-state index is 11.7. The number of aliphatic hydroxyl groups excluding tert-OH is 2. The number of hydrogen-bond donors (Lipinski definition) is 2. The van der Waals surface area contributed by atoms with E-state index in [0.717, 1.165) is 5.57 Å². The fourth-order valence-corrected chi connectivity index (χ4v) is 2.09. The van der Waals surface area contributed by atoms with Crippen LogP contribution in [0.15, 0.2) is 11.6 Å². The summed E-state index contributed by atoms with van der Waals surface area (Å²) in [5.41, 5.74) is -0.0898. The van der Waals surface area contributed by atoms with E-state index in [-0.39, 0.29) is 12.5 Å². The summed E-state index contributed by atoms with van der Waals surface area (Å²) in [4.78, 5) is 11.7. The molecule has 0 aromatic rings. The first-order valence-corrected chi connectivity index (χ1v) is 5.49.